The smallest absolute Gasteiger partial charge is 0.146 e. The van der Waals surface area contributed by atoms with E-state index in [1.807, 2.05) is 13.0 Å². The number of ketones is 1. The third kappa shape index (κ3) is 2.67. The van der Waals surface area contributed by atoms with Crippen LogP contribution in [-0.2, 0) is 11.3 Å². The summed E-state index contributed by atoms with van der Waals surface area (Å²) < 4.78 is 12.9. The second-order valence-corrected chi connectivity index (χ2v) is 4.42. The molecule has 0 radical (unpaired) electrons. The maximum atomic E-state index is 12.9. The van der Waals surface area contributed by atoms with E-state index in [-0.39, 0.29) is 5.82 Å². The zero-order chi connectivity index (χ0) is 11.5. The normalized spacial score (nSPS) is 17.8. The third-order valence-electron chi connectivity index (χ3n) is 3.03. The first-order chi connectivity index (χ1) is 7.65. The number of halogens is 1. The molecule has 1 aromatic carbocycles. The van der Waals surface area contributed by atoms with Crippen molar-refractivity contribution in [3.05, 3.63) is 35.1 Å². The fourth-order valence-electron chi connectivity index (χ4n) is 2.12. The third-order valence-corrected chi connectivity index (χ3v) is 3.03. The molecule has 1 aliphatic heterocycles. The number of benzene rings is 1. The van der Waals surface area contributed by atoms with Crippen LogP contribution in [0, 0.1) is 12.7 Å². The standard InChI is InChI=1S/C13H16FNO/c1-10-7-12(14)5-4-11(10)8-15-6-2-3-13(16)9-15/h4-5,7H,2-3,6,8-9H2,1H3. The van der Waals surface area contributed by atoms with Gasteiger partial charge < -0.3 is 0 Å². The highest BCUT2D eigenvalue weighted by Crippen LogP contribution is 2.15. The quantitative estimate of drug-likeness (QED) is 0.763. The van der Waals surface area contributed by atoms with Crippen molar-refractivity contribution in [2.24, 2.45) is 0 Å². The van der Waals surface area contributed by atoms with Gasteiger partial charge in [-0.2, -0.15) is 0 Å². The first-order valence-electron chi connectivity index (χ1n) is 5.64. The summed E-state index contributed by atoms with van der Waals surface area (Å²) in [7, 11) is 0. The van der Waals surface area contributed by atoms with Crippen LogP contribution in [-0.4, -0.2) is 23.8 Å². The highest BCUT2D eigenvalue weighted by Gasteiger charge is 2.17. The summed E-state index contributed by atoms with van der Waals surface area (Å²) in [6.07, 6.45) is 1.65. The number of piperidine rings is 1. The molecule has 0 aliphatic carbocycles. The van der Waals surface area contributed by atoms with E-state index in [0.29, 0.717) is 18.7 Å². The lowest BCUT2D eigenvalue weighted by Crippen LogP contribution is -2.35. The van der Waals surface area contributed by atoms with E-state index >= 15 is 0 Å². The highest BCUT2D eigenvalue weighted by molar-refractivity contribution is 5.81. The van der Waals surface area contributed by atoms with Crippen molar-refractivity contribution in [1.82, 2.24) is 4.90 Å². The number of carbonyl (C=O) groups is 1. The summed E-state index contributed by atoms with van der Waals surface area (Å²) in [6, 6.07) is 4.83. The van der Waals surface area contributed by atoms with Crippen molar-refractivity contribution in [2.45, 2.75) is 26.3 Å². The van der Waals surface area contributed by atoms with Gasteiger partial charge in [0.15, 0.2) is 0 Å². The average molecular weight is 221 g/mol. The van der Waals surface area contributed by atoms with Gasteiger partial charge in [0.05, 0.1) is 6.54 Å². The number of hydrogen-bond donors (Lipinski definition) is 0. The minimum absolute atomic E-state index is 0.198. The molecular weight excluding hydrogens is 205 g/mol. The van der Waals surface area contributed by atoms with Crippen LogP contribution in [0.2, 0.25) is 0 Å². The molecule has 0 aromatic heterocycles. The molecule has 3 heteroatoms. The van der Waals surface area contributed by atoms with E-state index in [1.54, 1.807) is 6.07 Å². The minimum atomic E-state index is -0.198. The number of aryl methyl sites for hydroxylation is 1. The molecule has 0 spiro atoms. The summed E-state index contributed by atoms with van der Waals surface area (Å²) in [5, 5.41) is 0. The van der Waals surface area contributed by atoms with Crippen LogP contribution in [0.15, 0.2) is 18.2 Å². The molecule has 1 fully saturated rings. The summed E-state index contributed by atoms with van der Waals surface area (Å²) in [5.41, 5.74) is 2.06. The fourth-order valence-corrected chi connectivity index (χ4v) is 2.12. The second-order valence-electron chi connectivity index (χ2n) is 4.42. The maximum Gasteiger partial charge on any atom is 0.146 e. The predicted molar refractivity (Wildman–Crippen MR) is 60.7 cm³/mol. The second kappa shape index (κ2) is 4.74. The van der Waals surface area contributed by atoms with Crippen molar-refractivity contribution in [2.75, 3.05) is 13.1 Å². The zero-order valence-electron chi connectivity index (χ0n) is 9.50. The number of rotatable bonds is 2. The Morgan fingerprint density at radius 2 is 2.25 bits per heavy atom. The number of Topliss-reactive ketones (excluding diaryl/α,β-unsaturated/α-hetero) is 1. The van der Waals surface area contributed by atoms with E-state index in [2.05, 4.69) is 4.90 Å². The van der Waals surface area contributed by atoms with E-state index in [4.69, 9.17) is 0 Å². The molecule has 0 N–H and O–H groups in total. The Bertz CT molecular complexity index is 403. The van der Waals surface area contributed by atoms with Gasteiger partial charge in [0.1, 0.15) is 11.6 Å². The topological polar surface area (TPSA) is 20.3 Å². The highest BCUT2D eigenvalue weighted by atomic mass is 19.1. The Morgan fingerprint density at radius 1 is 1.44 bits per heavy atom. The Labute approximate surface area is 95.1 Å². The molecule has 0 bridgehead atoms. The molecular formula is C13H16FNO. The summed E-state index contributed by atoms with van der Waals surface area (Å²) in [4.78, 5) is 13.4. The van der Waals surface area contributed by atoms with Crippen molar-refractivity contribution in [1.29, 1.82) is 0 Å². The number of likely N-dealkylation sites (tertiary alicyclic amines) is 1. The van der Waals surface area contributed by atoms with Crippen LogP contribution in [0.3, 0.4) is 0 Å². The molecule has 0 saturated carbocycles. The molecule has 1 aromatic rings. The molecule has 1 heterocycles. The SMILES string of the molecule is Cc1cc(F)ccc1CN1CCCC(=O)C1. The Hall–Kier alpha value is -1.22. The summed E-state index contributed by atoms with van der Waals surface area (Å²) >= 11 is 0. The number of hydrogen-bond acceptors (Lipinski definition) is 2. The van der Waals surface area contributed by atoms with E-state index in [1.165, 1.54) is 6.07 Å². The van der Waals surface area contributed by atoms with Gasteiger partial charge in [0.25, 0.3) is 0 Å². The van der Waals surface area contributed by atoms with Gasteiger partial charge in [0, 0.05) is 13.0 Å². The van der Waals surface area contributed by atoms with Crippen LogP contribution < -0.4 is 0 Å². The summed E-state index contributed by atoms with van der Waals surface area (Å²) in [5.74, 6) is 0.113. The Balaban J connectivity index is 2.05. The largest absolute Gasteiger partial charge is 0.298 e. The van der Waals surface area contributed by atoms with Gasteiger partial charge in [-0.05, 0) is 43.1 Å². The lowest BCUT2D eigenvalue weighted by molar-refractivity contribution is -0.122. The van der Waals surface area contributed by atoms with Crippen molar-refractivity contribution >= 4 is 5.78 Å². The van der Waals surface area contributed by atoms with Gasteiger partial charge in [-0.25, -0.2) is 4.39 Å². The molecule has 0 atom stereocenters. The van der Waals surface area contributed by atoms with Crippen LogP contribution >= 0.6 is 0 Å². The van der Waals surface area contributed by atoms with Gasteiger partial charge in [-0.3, -0.25) is 9.69 Å². The van der Waals surface area contributed by atoms with Gasteiger partial charge in [-0.15, -0.1) is 0 Å². The first-order valence-corrected chi connectivity index (χ1v) is 5.64. The number of nitrogens with zero attached hydrogens (tertiary/aromatic N) is 1. The lowest BCUT2D eigenvalue weighted by atomic mass is 10.1. The molecule has 2 rings (SSSR count). The van der Waals surface area contributed by atoms with Crippen LogP contribution in [0.4, 0.5) is 4.39 Å². The molecule has 0 unspecified atom stereocenters. The van der Waals surface area contributed by atoms with E-state index < -0.39 is 0 Å². The minimum Gasteiger partial charge on any atom is -0.298 e. The van der Waals surface area contributed by atoms with E-state index in [0.717, 1.165) is 30.6 Å². The monoisotopic (exact) mass is 221 g/mol. The van der Waals surface area contributed by atoms with Crippen molar-refractivity contribution in [3.8, 4) is 0 Å². The van der Waals surface area contributed by atoms with E-state index in [9.17, 15) is 9.18 Å². The first kappa shape index (κ1) is 11.3. The molecule has 16 heavy (non-hydrogen) atoms. The van der Waals surface area contributed by atoms with Crippen LogP contribution in [0.1, 0.15) is 24.0 Å². The molecule has 2 nitrogen and oxygen atoms in total. The van der Waals surface area contributed by atoms with Gasteiger partial charge in [0.2, 0.25) is 0 Å². The van der Waals surface area contributed by atoms with Crippen LogP contribution in [0.25, 0.3) is 0 Å². The fraction of sp³-hybridized carbons (Fsp3) is 0.462. The summed E-state index contributed by atoms with van der Waals surface area (Å²) in [6.45, 7) is 4.15. The molecule has 1 aliphatic rings. The number of carbonyl (C=O) groups excluding carboxylic acids is 1. The van der Waals surface area contributed by atoms with Gasteiger partial charge >= 0.3 is 0 Å². The van der Waals surface area contributed by atoms with Gasteiger partial charge in [-0.1, -0.05) is 6.07 Å². The van der Waals surface area contributed by atoms with Crippen LogP contribution in [0.5, 0.6) is 0 Å². The molecule has 0 amide bonds. The predicted octanol–water partition coefficient (Wildman–Crippen LogP) is 2.30. The average Bonchev–Trinajstić information content (AvgIpc) is 2.22. The lowest BCUT2D eigenvalue weighted by Gasteiger charge is -2.26. The maximum absolute atomic E-state index is 12.9. The zero-order valence-corrected chi connectivity index (χ0v) is 9.50. The van der Waals surface area contributed by atoms with Crippen molar-refractivity contribution in [3.63, 3.8) is 0 Å². The molecule has 86 valence electrons. The Morgan fingerprint density at radius 3 is 2.94 bits per heavy atom. The van der Waals surface area contributed by atoms with Crippen molar-refractivity contribution < 1.29 is 9.18 Å². The molecule has 1 saturated heterocycles. The Kier molecular flexibility index (Phi) is 3.34.